The quantitative estimate of drug-likeness (QED) is 0.628. The molecule has 0 saturated heterocycles. The molecule has 1 aliphatic rings. The van der Waals surface area contributed by atoms with Crippen LogP contribution in [0, 0.1) is 13.8 Å². The number of rotatable bonds is 7. The van der Waals surface area contributed by atoms with Gasteiger partial charge < -0.3 is 10.1 Å². The fourth-order valence-electron chi connectivity index (χ4n) is 4.04. The Morgan fingerprint density at radius 1 is 1.09 bits per heavy atom. The van der Waals surface area contributed by atoms with Gasteiger partial charge in [0.25, 0.3) is 5.91 Å². The first kappa shape index (κ1) is 24.7. The first-order valence-electron chi connectivity index (χ1n) is 10.8. The van der Waals surface area contributed by atoms with Gasteiger partial charge in [0.2, 0.25) is 10.0 Å². The van der Waals surface area contributed by atoms with Crippen LogP contribution >= 0.6 is 0 Å². The Labute approximate surface area is 195 Å². The second-order valence-corrected chi connectivity index (χ2v) is 10.3. The lowest BCUT2D eigenvalue weighted by Gasteiger charge is -2.24. The van der Waals surface area contributed by atoms with Crippen molar-refractivity contribution in [3.63, 3.8) is 0 Å². The van der Waals surface area contributed by atoms with Gasteiger partial charge in [0.15, 0.2) is 0 Å². The number of methoxy groups -OCH3 is 1. The smallest absolute Gasteiger partial charge is 0.328 e. The van der Waals surface area contributed by atoms with Crippen molar-refractivity contribution in [3.8, 4) is 0 Å². The van der Waals surface area contributed by atoms with E-state index in [1.807, 2.05) is 62.4 Å². The molecule has 1 N–H and O–H groups in total. The number of esters is 1. The van der Waals surface area contributed by atoms with E-state index in [0.29, 0.717) is 31.5 Å². The van der Waals surface area contributed by atoms with E-state index in [4.69, 9.17) is 4.74 Å². The number of aryl methyl sites for hydroxylation is 2. The van der Waals surface area contributed by atoms with Crippen molar-refractivity contribution in [2.24, 2.45) is 0 Å². The molecule has 2 aromatic carbocycles. The Balaban J connectivity index is 1.72. The summed E-state index contributed by atoms with van der Waals surface area (Å²) in [5.41, 5.74) is 5.24. The molecule has 0 saturated carbocycles. The highest BCUT2D eigenvalue weighted by Crippen LogP contribution is 2.24. The average Bonchev–Trinajstić information content (AvgIpc) is 2.78. The van der Waals surface area contributed by atoms with Gasteiger partial charge in [-0.05, 0) is 48.1 Å². The Morgan fingerprint density at radius 3 is 2.24 bits per heavy atom. The van der Waals surface area contributed by atoms with Crippen LogP contribution in [0.3, 0.4) is 0 Å². The van der Waals surface area contributed by atoms with E-state index < -0.39 is 22.0 Å². The number of hydrogen-bond acceptors (Lipinski definition) is 5. The Morgan fingerprint density at radius 2 is 1.73 bits per heavy atom. The number of benzene rings is 2. The molecule has 1 atom stereocenters. The summed E-state index contributed by atoms with van der Waals surface area (Å²) in [6.45, 7) is 4.55. The highest BCUT2D eigenvalue weighted by atomic mass is 32.2. The van der Waals surface area contributed by atoms with Crippen LogP contribution in [0.5, 0.6) is 0 Å². The molecule has 0 radical (unpaired) electrons. The van der Waals surface area contributed by atoms with E-state index in [1.54, 1.807) is 0 Å². The summed E-state index contributed by atoms with van der Waals surface area (Å²) < 4.78 is 29.8. The molecule has 1 aliphatic heterocycles. The Kier molecular flexibility index (Phi) is 7.71. The first-order valence-corrected chi connectivity index (χ1v) is 12.6. The molecule has 0 aliphatic carbocycles. The fraction of sp³-hybridized carbons (Fsp3) is 0.360. The van der Waals surface area contributed by atoms with Crippen molar-refractivity contribution < 1.29 is 22.7 Å². The normalized spacial score (nSPS) is 15.5. The molecule has 176 valence electrons. The molecule has 0 spiro atoms. The summed E-state index contributed by atoms with van der Waals surface area (Å²) in [5, 5.41) is 2.82. The average molecular weight is 471 g/mol. The van der Waals surface area contributed by atoms with Crippen molar-refractivity contribution in [2.45, 2.75) is 32.7 Å². The van der Waals surface area contributed by atoms with Gasteiger partial charge in [-0.2, -0.15) is 4.31 Å². The zero-order valence-electron chi connectivity index (χ0n) is 19.4. The maximum atomic E-state index is 12.9. The molecule has 3 rings (SSSR count). The van der Waals surface area contributed by atoms with Crippen molar-refractivity contribution in [1.29, 1.82) is 0 Å². The van der Waals surface area contributed by atoms with Crippen LogP contribution < -0.4 is 5.32 Å². The van der Waals surface area contributed by atoms with Crippen molar-refractivity contribution in [2.75, 3.05) is 26.5 Å². The first-order chi connectivity index (χ1) is 15.6. The summed E-state index contributed by atoms with van der Waals surface area (Å²) in [4.78, 5) is 25.3. The van der Waals surface area contributed by atoms with Crippen LogP contribution in [0.4, 0.5) is 0 Å². The molecular formula is C25H30N2O5S. The van der Waals surface area contributed by atoms with Crippen molar-refractivity contribution in [1.82, 2.24) is 9.62 Å². The summed E-state index contributed by atoms with van der Waals surface area (Å²) >= 11 is 0. The minimum absolute atomic E-state index is 0.296. The van der Waals surface area contributed by atoms with Gasteiger partial charge in [0.1, 0.15) is 6.04 Å². The molecule has 2 aromatic rings. The van der Waals surface area contributed by atoms with Crippen LogP contribution in [-0.2, 0) is 26.0 Å². The summed E-state index contributed by atoms with van der Waals surface area (Å²) in [6.07, 6.45) is 4.09. The van der Waals surface area contributed by atoms with Crippen LogP contribution in [0.2, 0.25) is 0 Å². The maximum absolute atomic E-state index is 12.9. The van der Waals surface area contributed by atoms with Crippen molar-refractivity contribution in [3.05, 3.63) is 76.4 Å². The number of nitrogens with zero attached hydrogens (tertiary/aromatic N) is 1. The van der Waals surface area contributed by atoms with Crippen LogP contribution in [-0.4, -0.2) is 57.1 Å². The summed E-state index contributed by atoms with van der Waals surface area (Å²) in [5.74, 6) is -0.810. The lowest BCUT2D eigenvalue weighted by Crippen LogP contribution is -2.43. The van der Waals surface area contributed by atoms with E-state index in [-0.39, 0.29) is 5.91 Å². The number of nitrogens with one attached hydrogen (secondary N) is 1. The number of ether oxygens (including phenoxy) is 1. The third-order valence-corrected chi connectivity index (χ3v) is 7.17. The molecule has 0 fully saturated rings. The fourth-order valence-corrected chi connectivity index (χ4v) is 4.81. The zero-order chi connectivity index (χ0) is 24.2. The Bertz CT molecular complexity index is 1150. The third-order valence-electron chi connectivity index (χ3n) is 5.90. The lowest BCUT2D eigenvalue weighted by molar-refractivity contribution is -0.142. The molecule has 0 unspecified atom stereocenters. The number of hydrogen-bond donors (Lipinski definition) is 1. The number of sulfonamides is 1. The topological polar surface area (TPSA) is 92.8 Å². The van der Waals surface area contributed by atoms with Gasteiger partial charge in [-0.25, -0.2) is 13.2 Å². The lowest BCUT2D eigenvalue weighted by atomic mass is 9.97. The molecule has 0 aromatic heterocycles. The predicted octanol–water partition coefficient (Wildman–Crippen LogP) is 2.87. The predicted molar refractivity (Wildman–Crippen MR) is 128 cm³/mol. The van der Waals surface area contributed by atoms with Crippen molar-refractivity contribution >= 4 is 27.5 Å². The van der Waals surface area contributed by atoms with Crippen LogP contribution in [0.15, 0.2) is 48.5 Å². The van der Waals surface area contributed by atoms with Gasteiger partial charge in [-0.15, -0.1) is 0 Å². The highest BCUT2D eigenvalue weighted by molar-refractivity contribution is 7.88. The van der Waals surface area contributed by atoms with Crippen LogP contribution in [0.25, 0.3) is 5.57 Å². The Hall–Kier alpha value is -2.97. The molecule has 7 nitrogen and oxygen atoms in total. The maximum Gasteiger partial charge on any atom is 0.328 e. The summed E-state index contributed by atoms with van der Waals surface area (Å²) in [7, 11) is -1.88. The van der Waals surface area contributed by atoms with Crippen LogP contribution in [0.1, 0.15) is 39.0 Å². The van der Waals surface area contributed by atoms with E-state index >= 15 is 0 Å². The standard InChI is InChI=1S/C25H30N2O5S/c1-17-6-5-7-18(2)23(17)24(28)26-22(25(29)32-3)16-19-8-10-20(11-9-19)21-12-14-27(15-13-21)33(4,30)31/h5-12,22H,13-16H2,1-4H3,(H,26,28)/t22-/m0/s1. The van der Waals surface area contributed by atoms with Gasteiger partial charge in [0, 0.05) is 25.1 Å². The molecular weight excluding hydrogens is 440 g/mol. The second-order valence-electron chi connectivity index (χ2n) is 8.32. The highest BCUT2D eigenvalue weighted by Gasteiger charge is 2.24. The monoisotopic (exact) mass is 470 g/mol. The largest absolute Gasteiger partial charge is 0.467 e. The number of carbonyl (C=O) groups excluding carboxylic acids is 2. The SMILES string of the molecule is COC(=O)[C@H](Cc1ccc(C2=CCN(S(C)(=O)=O)CC2)cc1)NC(=O)c1c(C)cccc1C. The van der Waals surface area contributed by atoms with E-state index in [9.17, 15) is 18.0 Å². The molecule has 0 bridgehead atoms. The second kappa shape index (κ2) is 10.3. The molecule has 1 heterocycles. The molecule has 1 amide bonds. The van der Waals surface area contributed by atoms with Gasteiger partial charge in [-0.3, -0.25) is 4.79 Å². The zero-order valence-corrected chi connectivity index (χ0v) is 20.2. The molecule has 8 heteroatoms. The van der Waals surface area contributed by atoms with Gasteiger partial charge in [0.05, 0.1) is 13.4 Å². The summed E-state index contributed by atoms with van der Waals surface area (Å²) in [6, 6.07) is 12.6. The molecule has 33 heavy (non-hydrogen) atoms. The van der Waals surface area contributed by atoms with Gasteiger partial charge in [-0.1, -0.05) is 48.5 Å². The number of amides is 1. The van der Waals surface area contributed by atoms with E-state index in [1.165, 1.54) is 17.7 Å². The van der Waals surface area contributed by atoms with E-state index in [2.05, 4.69) is 5.32 Å². The number of carbonyl (C=O) groups is 2. The third kappa shape index (κ3) is 6.09. The van der Waals surface area contributed by atoms with Gasteiger partial charge >= 0.3 is 5.97 Å². The minimum atomic E-state index is -3.19. The minimum Gasteiger partial charge on any atom is -0.467 e. The van der Waals surface area contributed by atoms with E-state index in [0.717, 1.165) is 27.8 Å².